The Hall–Kier alpha value is -0.990. The maximum absolute atomic E-state index is 12.3. The van der Waals surface area contributed by atoms with Gasteiger partial charge in [0, 0.05) is 0 Å². The van der Waals surface area contributed by atoms with Gasteiger partial charge in [0.1, 0.15) is 0 Å². The van der Waals surface area contributed by atoms with E-state index in [2.05, 4.69) is 6.92 Å². The summed E-state index contributed by atoms with van der Waals surface area (Å²) < 4.78 is 36.6. The molecule has 0 aliphatic heterocycles. The summed E-state index contributed by atoms with van der Waals surface area (Å²) in [4.78, 5) is 0. The van der Waals surface area contributed by atoms with Crippen LogP contribution in [0.2, 0.25) is 0 Å². The van der Waals surface area contributed by atoms with E-state index < -0.39 is 17.5 Å². The lowest BCUT2D eigenvalue weighted by Gasteiger charge is -1.96. The standard InChI is InChI=1S/C7H4F3/c1-4-2-3-5(8)7(10)6(4)9/h2-3H,1H2. The molecular formula is C7H4F3. The molecule has 0 saturated heterocycles. The third kappa shape index (κ3) is 0.988. The van der Waals surface area contributed by atoms with Gasteiger partial charge >= 0.3 is 0 Å². The summed E-state index contributed by atoms with van der Waals surface area (Å²) in [5, 5.41) is 0. The maximum Gasteiger partial charge on any atom is 0.194 e. The molecule has 0 N–H and O–H groups in total. The van der Waals surface area contributed by atoms with Crippen LogP contribution in [0, 0.1) is 24.4 Å². The van der Waals surface area contributed by atoms with Gasteiger partial charge in [-0.25, -0.2) is 13.2 Å². The average molecular weight is 145 g/mol. The molecule has 1 aromatic rings. The molecule has 0 spiro atoms. The summed E-state index contributed by atoms with van der Waals surface area (Å²) in [5.41, 5.74) is -0.140. The Labute approximate surface area is 56.3 Å². The zero-order chi connectivity index (χ0) is 7.72. The predicted octanol–water partition coefficient (Wildman–Crippen LogP) is 2.29. The lowest BCUT2D eigenvalue weighted by molar-refractivity contribution is 0.445. The first kappa shape index (κ1) is 7.12. The molecule has 1 rings (SSSR count). The lowest BCUT2D eigenvalue weighted by Crippen LogP contribution is -1.92. The second-order valence-electron chi connectivity index (χ2n) is 1.83. The van der Waals surface area contributed by atoms with Gasteiger partial charge in [0.2, 0.25) is 0 Å². The van der Waals surface area contributed by atoms with Crippen molar-refractivity contribution in [3.63, 3.8) is 0 Å². The highest BCUT2D eigenvalue weighted by Crippen LogP contribution is 2.13. The number of hydrogen-bond acceptors (Lipinski definition) is 0. The van der Waals surface area contributed by atoms with E-state index in [4.69, 9.17) is 0 Å². The molecule has 0 nitrogen and oxygen atoms in total. The van der Waals surface area contributed by atoms with Gasteiger partial charge in [-0.2, -0.15) is 0 Å². The van der Waals surface area contributed by atoms with E-state index in [1.165, 1.54) is 0 Å². The molecule has 1 aromatic carbocycles. The fourth-order valence-corrected chi connectivity index (χ4v) is 0.566. The predicted molar refractivity (Wildman–Crippen MR) is 30.8 cm³/mol. The second kappa shape index (κ2) is 2.33. The van der Waals surface area contributed by atoms with Crippen LogP contribution in [0.25, 0.3) is 0 Å². The van der Waals surface area contributed by atoms with Crippen LogP contribution in [0.15, 0.2) is 12.1 Å². The highest BCUT2D eigenvalue weighted by Gasteiger charge is 2.09. The van der Waals surface area contributed by atoms with Crippen molar-refractivity contribution in [1.82, 2.24) is 0 Å². The molecule has 10 heavy (non-hydrogen) atoms. The van der Waals surface area contributed by atoms with E-state index in [9.17, 15) is 13.2 Å². The molecule has 0 fully saturated rings. The topological polar surface area (TPSA) is 0 Å². The molecule has 53 valence electrons. The summed E-state index contributed by atoms with van der Waals surface area (Å²) in [6.45, 7) is 3.14. The van der Waals surface area contributed by atoms with Crippen molar-refractivity contribution in [2.45, 2.75) is 0 Å². The van der Waals surface area contributed by atoms with E-state index in [1.807, 2.05) is 0 Å². The Morgan fingerprint density at radius 1 is 1.00 bits per heavy atom. The fraction of sp³-hybridized carbons (Fsp3) is 0. The molecular weight excluding hydrogens is 141 g/mol. The Balaban J connectivity index is 3.34. The summed E-state index contributed by atoms with van der Waals surface area (Å²) >= 11 is 0. The SMILES string of the molecule is [CH2]c1ccc(F)c(F)c1F. The Kier molecular flexibility index (Phi) is 1.66. The van der Waals surface area contributed by atoms with Gasteiger partial charge in [0.15, 0.2) is 17.5 Å². The van der Waals surface area contributed by atoms with Crippen LogP contribution < -0.4 is 0 Å². The molecule has 1 radical (unpaired) electrons. The number of benzene rings is 1. The van der Waals surface area contributed by atoms with Crippen molar-refractivity contribution in [1.29, 1.82) is 0 Å². The van der Waals surface area contributed by atoms with Crippen molar-refractivity contribution in [2.24, 2.45) is 0 Å². The highest BCUT2D eigenvalue weighted by atomic mass is 19.2. The fourth-order valence-electron chi connectivity index (χ4n) is 0.566. The first-order valence-electron chi connectivity index (χ1n) is 2.58. The van der Waals surface area contributed by atoms with E-state index in [-0.39, 0.29) is 5.56 Å². The van der Waals surface area contributed by atoms with Crippen molar-refractivity contribution >= 4 is 0 Å². The van der Waals surface area contributed by atoms with E-state index in [0.29, 0.717) is 0 Å². The smallest absolute Gasteiger partial charge is 0.194 e. The minimum atomic E-state index is -1.47. The largest absolute Gasteiger partial charge is 0.204 e. The van der Waals surface area contributed by atoms with Crippen LogP contribution in [-0.2, 0) is 0 Å². The molecule has 0 aromatic heterocycles. The molecule has 0 saturated carbocycles. The van der Waals surface area contributed by atoms with E-state index in [0.717, 1.165) is 12.1 Å². The number of halogens is 3. The first-order valence-corrected chi connectivity index (χ1v) is 2.58. The Bertz CT molecular complexity index is 228. The van der Waals surface area contributed by atoms with Crippen molar-refractivity contribution in [3.05, 3.63) is 42.1 Å². The summed E-state index contributed by atoms with van der Waals surface area (Å²) in [7, 11) is 0. The number of rotatable bonds is 0. The molecule has 0 heterocycles. The molecule has 3 heteroatoms. The van der Waals surface area contributed by atoms with Crippen LogP contribution in [0.1, 0.15) is 5.56 Å². The lowest BCUT2D eigenvalue weighted by atomic mass is 10.2. The van der Waals surface area contributed by atoms with Crippen LogP contribution in [0.5, 0.6) is 0 Å². The van der Waals surface area contributed by atoms with Gasteiger partial charge in [-0.15, -0.1) is 0 Å². The maximum atomic E-state index is 12.3. The quantitative estimate of drug-likeness (QED) is 0.491. The molecule has 0 atom stereocenters. The Morgan fingerprint density at radius 3 is 2.10 bits per heavy atom. The zero-order valence-electron chi connectivity index (χ0n) is 5.00. The van der Waals surface area contributed by atoms with Gasteiger partial charge < -0.3 is 0 Å². The molecule has 0 bridgehead atoms. The van der Waals surface area contributed by atoms with Crippen molar-refractivity contribution < 1.29 is 13.2 Å². The van der Waals surface area contributed by atoms with Crippen molar-refractivity contribution in [3.8, 4) is 0 Å². The zero-order valence-corrected chi connectivity index (χ0v) is 5.00. The van der Waals surface area contributed by atoms with Gasteiger partial charge in [0.25, 0.3) is 0 Å². The summed E-state index contributed by atoms with van der Waals surface area (Å²) in [6.07, 6.45) is 0. The molecule has 0 amide bonds. The molecule has 0 aliphatic rings. The summed E-state index contributed by atoms with van der Waals surface area (Å²) in [5.74, 6) is -3.88. The van der Waals surface area contributed by atoms with Crippen molar-refractivity contribution in [2.75, 3.05) is 0 Å². The van der Waals surface area contributed by atoms with Gasteiger partial charge in [-0.05, 0) is 18.6 Å². The van der Waals surface area contributed by atoms with Crippen LogP contribution in [0.4, 0.5) is 13.2 Å². The van der Waals surface area contributed by atoms with Crippen LogP contribution >= 0.6 is 0 Å². The third-order valence-corrected chi connectivity index (χ3v) is 1.12. The van der Waals surface area contributed by atoms with Gasteiger partial charge in [-0.3, -0.25) is 0 Å². The third-order valence-electron chi connectivity index (χ3n) is 1.12. The average Bonchev–Trinajstić information content (AvgIpc) is 1.93. The molecule has 0 aliphatic carbocycles. The molecule has 0 unspecified atom stereocenters. The van der Waals surface area contributed by atoms with E-state index >= 15 is 0 Å². The second-order valence-corrected chi connectivity index (χ2v) is 1.83. The van der Waals surface area contributed by atoms with Gasteiger partial charge in [0.05, 0.1) is 0 Å². The normalized spacial score (nSPS) is 10.0. The highest BCUT2D eigenvalue weighted by molar-refractivity contribution is 5.22. The van der Waals surface area contributed by atoms with Crippen LogP contribution in [-0.4, -0.2) is 0 Å². The minimum Gasteiger partial charge on any atom is -0.204 e. The van der Waals surface area contributed by atoms with E-state index in [1.54, 1.807) is 0 Å². The minimum absolute atomic E-state index is 0.140. The Morgan fingerprint density at radius 2 is 1.60 bits per heavy atom. The van der Waals surface area contributed by atoms with Gasteiger partial charge in [-0.1, -0.05) is 6.07 Å². The monoisotopic (exact) mass is 145 g/mol. The summed E-state index contributed by atoms with van der Waals surface area (Å²) in [6, 6.07) is 1.91. The van der Waals surface area contributed by atoms with Crippen LogP contribution in [0.3, 0.4) is 0 Å². The number of hydrogen-bond donors (Lipinski definition) is 0. The first-order chi connectivity index (χ1) is 4.63.